The van der Waals surface area contributed by atoms with Gasteiger partial charge in [0.2, 0.25) is 0 Å². The molecule has 4 aliphatic rings. The molecule has 36 heavy (non-hydrogen) atoms. The minimum atomic E-state index is 0.562. The highest BCUT2D eigenvalue weighted by atomic mass is 15.3. The summed E-state index contributed by atoms with van der Waals surface area (Å²) >= 11 is 0. The van der Waals surface area contributed by atoms with Gasteiger partial charge in [-0.1, -0.05) is 77.0 Å². The molecule has 4 aliphatic carbocycles. The highest BCUT2D eigenvalue weighted by Crippen LogP contribution is 2.23. The van der Waals surface area contributed by atoms with Crippen LogP contribution in [0.4, 0.5) is 0 Å². The Hall–Kier alpha value is -1.46. The van der Waals surface area contributed by atoms with Gasteiger partial charge in [0.25, 0.3) is 0 Å². The Morgan fingerprint density at radius 1 is 0.444 bits per heavy atom. The molecule has 0 heterocycles. The van der Waals surface area contributed by atoms with Gasteiger partial charge in [-0.3, -0.25) is 0 Å². The lowest BCUT2D eigenvalue weighted by Gasteiger charge is -2.29. The van der Waals surface area contributed by atoms with Crippen LogP contribution in [0, 0.1) is 0 Å². The molecule has 0 bridgehead atoms. The third-order valence-electron chi connectivity index (χ3n) is 8.48. The summed E-state index contributed by atoms with van der Waals surface area (Å²) in [4.78, 5) is 14.2. The lowest BCUT2D eigenvalue weighted by Crippen LogP contribution is -2.44. The molecule has 2 N–H and O–H groups in total. The van der Waals surface area contributed by atoms with E-state index in [-0.39, 0.29) is 0 Å². The van der Waals surface area contributed by atoms with Crippen molar-refractivity contribution in [3.05, 3.63) is 0 Å². The Morgan fingerprint density at radius 2 is 0.722 bits per heavy atom. The van der Waals surface area contributed by atoms with Gasteiger partial charge in [0.15, 0.2) is 11.9 Å². The van der Waals surface area contributed by atoms with Gasteiger partial charge in [0, 0.05) is 40.3 Å². The molecular formula is C30H58N6. The van der Waals surface area contributed by atoms with E-state index in [1.165, 1.54) is 128 Å². The number of rotatable bonds is 4. The quantitative estimate of drug-likeness (QED) is 0.349. The minimum Gasteiger partial charge on any atom is -0.354 e. The van der Waals surface area contributed by atoms with E-state index in [0.29, 0.717) is 24.2 Å². The van der Waals surface area contributed by atoms with Crippen molar-refractivity contribution in [2.75, 3.05) is 28.2 Å². The second-order valence-electron chi connectivity index (χ2n) is 12.2. The molecule has 0 aromatic rings. The molecule has 4 rings (SSSR count). The van der Waals surface area contributed by atoms with Crippen molar-refractivity contribution in [2.45, 2.75) is 153 Å². The maximum Gasteiger partial charge on any atom is 0.193 e. The van der Waals surface area contributed by atoms with Crippen molar-refractivity contribution >= 4 is 11.9 Å². The largest absolute Gasteiger partial charge is 0.354 e. The molecule has 0 aromatic carbocycles. The molecule has 0 saturated heterocycles. The van der Waals surface area contributed by atoms with Gasteiger partial charge in [0.1, 0.15) is 0 Å². The first-order chi connectivity index (χ1) is 17.5. The second-order valence-corrected chi connectivity index (χ2v) is 12.2. The van der Waals surface area contributed by atoms with Crippen LogP contribution in [-0.2, 0) is 0 Å². The molecule has 0 aliphatic heterocycles. The highest BCUT2D eigenvalue weighted by Gasteiger charge is 2.19. The first-order valence-electron chi connectivity index (χ1n) is 15.5. The van der Waals surface area contributed by atoms with Gasteiger partial charge in [0.05, 0.1) is 12.1 Å². The Kier molecular flexibility index (Phi) is 13.3. The van der Waals surface area contributed by atoms with Crippen LogP contribution in [0.5, 0.6) is 0 Å². The van der Waals surface area contributed by atoms with E-state index < -0.39 is 0 Å². The van der Waals surface area contributed by atoms with Gasteiger partial charge in [-0.2, -0.15) is 0 Å². The smallest absolute Gasteiger partial charge is 0.193 e. The molecule has 6 heteroatoms. The van der Waals surface area contributed by atoms with Crippen molar-refractivity contribution in [1.82, 2.24) is 20.4 Å². The van der Waals surface area contributed by atoms with E-state index in [9.17, 15) is 0 Å². The molecule has 0 spiro atoms. The summed E-state index contributed by atoms with van der Waals surface area (Å²) in [6.07, 6.45) is 27.0. The Labute approximate surface area is 223 Å². The molecule has 0 radical (unpaired) electrons. The van der Waals surface area contributed by atoms with Crippen molar-refractivity contribution in [2.24, 2.45) is 9.98 Å². The Balaban J connectivity index is 0.000000201. The average Bonchev–Trinajstić information content (AvgIpc) is 2.91. The normalized spacial score (nSPS) is 24.0. The average molecular weight is 503 g/mol. The molecule has 0 amide bonds. The lowest BCUT2D eigenvalue weighted by molar-refractivity contribution is 0.391. The first kappa shape index (κ1) is 29.1. The summed E-state index contributed by atoms with van der Waals surface area (Å²) in [7, 11) is 8.43. The Bertz CT molecular complexity index is 578. The zero-order valence-corrected chi connectivity index (χ0v) is 24.2. The predicted octanol–water partition coefficient (Wildman–Crippen LogP) is 6.32. The van der Waals surface area contributed by atoms with Gasteiger partial charge >= 0.3 is 0 Å². The zero-order chi connectivity index (χ0) is 25.6. The Morgan fingerprint density at radius 3 is 1.00 bits per heavy atom. The molecule has 6 nitrogen and oxygen atoms in total. The summed E-state index contributed by atoms with van der Waals surface area (Å²) < 4.78 is 0. The van der Waals surface area contributed by atoms with Crippen LogP contribution in [0.2, 0.25) is 0 Å². The molecule has 0 aromatic heterocycles. The van der Waals surface area contributed by atoms with Crippen molar-refractivity contribution in [3.63, 3.8) is 0 Å². The predicted molar refractivity (Wildman–Crippen MR) is 156 cm³/mol. The number of nitrogens with zero attached hydrogens (tertiary/aromatic N) is 4. The number of hydrogen-bond acceptors (Lipinski definition) is 2. The number of nitrogens with one attached hydrogen (secondary N) is 2. The van der Waals surface area contributed by atoms with Crippen molar-refractivity contribution < 1.29 is 0 Å². The minimum absolute atomic E-state index is 0.562. The summed E-state index contributed by atoms with van der Waals surface area (Å²) in [6, 6.07) is 2.44. The monoisotopic (exact) mass is 502 g/mol. The SMILES string of the molecule is CN(C)C(=NC1CCCCC1)NC1CCCCC1.CN(C)C(=NC1CCCCC1)NC1CCCCC1. The molecule has 0 atom stereocenters. The van der Waals surface area contributed by atoms with Crippen LogP contribution in [0.3, 0.4) is 0 Å². The fourth-order valence-corrected chi connectivity index (χ4v) is 6.19. The van der Waals surface area contributed by atoms with Gasteiger partial charge in [-0.25, -0.2) is 9.98 Å². The number of guanidine groups is 2. The number of aliphatic imine (C=N–C) groups is 2. The maximum atomic E-state index is 4.96. The molecule has 0 unspecified atom stereocenters. The summed E-state index contributed by atoms with van der Waals surface area (Å²) in [6.45, 7) is 0. The van der Waals surface area contributed by atoms with E-state index in [0.717, 1.165) is 11.9 Å². The second kappa shape index (κ2) is 16.4. The van der Waals surface area contributed by atoms with Crippen LogP contribution in [0.1, 0.15) is 128 Å². The van der Waals surface area contributed by atoms with Gasteiger partial charge in [-0.15, -0.1) is 0 Å². The van der Waals surface area contributed by atoms with Crippen molar-refractivity contribution in [1.29, 1.82) is 0 Å². The van der Waals surface area contributed by atoms with E-state index in [1.54, 1.807) is 0 Å². The van der Waals surface area contributed by atoms with Gasteiger partial charge < -0.3 is 20.4 Å². The van der Waals surface area contributed by atoms with Crippen LogP contribution in [0.25, 0.3) is 0 Å². The van der Waals surface area contributed by atoms with Gasteiger partial charge in [-0.05, 0) is 51.4 Å². The van der Waals surface area contributed by atoms with E-state index >= 15 is 0 Å². The van der Waals surface area contributed by atoms with Crippen LogP contribution < -0.4 is 10.6 Å². The summed E-state index contributed by atoms with van der Waals surface area (Å²) in [5, 5.41) is 7.36. The standard InChI is InChI=1S/2C15H29N3/c2*1-18(2)15(16-13-9-5-3-6-10-13)17-14-11-7-4-8-12-14/h2*13-14H,3-12H2,1-2H3,(H,16,17). The lowest BCUT2D eigenvalue weighted by atomic mass is 9.95. The molecule has 208 valence electrons. The third kappa shape index (κ3) is 10.9. The highest BCUT2D eigenvalue weighted by molar-refractivity contribution is 5.80. The van der Waals surface area contributed by atoms with Crippen LogP contribution >= 0.6 is 0 Å². The first-order valence-corrected chi connectivity index (χ1v) is 15.5. The number of hydrogen-bond donors (Lipinski definition) is 2. The molecule has 4 fully saturated rings. The van der Waals surface area contributed by atoms with Crippen LogP contribution in [-0.4, -0.2) is 74.1 Å². The van der Waals surface area contributed by atoms with Crippen LogP contribution in [0.15, 0.2) is 9.98 Å². The van der Waals surface area contributed by atoms with E-state index in [2.05, 4.69) is 48.6 Å². The third-order valence-corrected chi connectivity index (χ3v) is 8.48. The van der Waals surface area contributed by atoms with E-state index in [1.807, 2.05) is 0 Å². The topological polar surface area (TPSA) is 55.3 Å². The fourth-order valence-electron chi connectivity index (χ4n) is 6.19. The summed E-state index contributed by atoms with van der Waals surface area (Å²) in [5.41, 5.74) is 0. The summed E-state index contributed by atoms with van der Waals surface area (Å²) in [5.74, 6) is 2.24. The molecule has 4 saturated carbocycles. The molecular weight excluding hydrogens is 444 g/mol. The fraction of sp³-hybridized carbons (Fsp3) is 0.933. The van der Waals surface area contributed by atoms with Crippen molar-refractivity contribution in [3.8, 4) is 0 Å². The van der Waals surface area contributed by atoms with E-state index in [4.69, 9.17) is 9.98 Å². The maximum absolute atomic E-state index is 4.96. The zero-order valence-electron chi connectivity index (χ0n) is 24.2.